The molecular formula is C7H14O2. The third-order valence-electron chi connectivity index (χ3n) is 1.94. The highest BCUT2D eigenvalue weighted by molar-refractivity contribution is 4.94. The van der Waals surface area contributed by atoms with Gasteiger partial charge in [-0.3, -0.25) is 0 Å². The Morgan fingerprint density at radius 2 is 2.33 bits per heavy atom. The van der Waals surface area contributed by atoms with E-state index in [0.717, 1.165) is 13.0 Å². The summed E-state index contributed by atoms with van der Waals surface area (Å²) in [6.07, 6.45) is 1.32. The number of hydrogen-bond acceptors (Lipinski definition) is 2. The summed E-state index contributed by atoms with van der Waals surface area (Å²) in [7, 11) is 1.74. The zero-order chi connectivity index (χ0) is 6.91. The van der Waals surface area contributed by atoms with Crippen molar-refractivity contribution in [2.45, 2.75) is 32.0 Å². The summed E-state index contributed by atoms with van der Waals surface area (Å²) in [4.78, 5) is 0. The molecule has 0 aromatic carbocycles. The highest BCUT2D eigenvalue weighted by Gasteiger charge is 2.46. The van der Waals surface area contributed by atoms with E-state index in [2.05, 4.69) is 13.8 Å². The molecule has 1 rings (SSSR count). The second-order valence-corrected chi connectivity index (χ2v) is 2.73. The number of epoxide rings is 1. The van der Waals surface area contributed by atoms with Gasteiger partial charge in [-0.15, -0.1) is 0 Å². The molecule has 1 fully saturated rings. The first-order valence-corrected chi connectivity index (χ1v) is 3.39. The van der Waals surface area contributed by atoms with E-state index in [-0.39, 0.29) is 11.7 Å². The van der Waals surface area contributed by atoms with Crippen LogP contribution in [0, 0.1) is 0 Å². The molecule has 1 saturated heterocycles. The minimum atomic E-state index is 0.0451. The molecule has 0 spiro atoms. The van der Waals surface area contributed by atoms with Crippen LogP contribution in [0.2, 0.25) is 0 Å². The first kappa shape index (κ1) is 7.03. The number of ether oxygens (including phenoxy) is 2. The molecule has 0 aromatic heterocycles. The van der Waals surface area contributed by atoms with Crippen molar-refractivity contribution in [3.8, 4) is 0 Å². The minimum absolute atomic E-state index is 0.0451. The van der Waals surface area contributed by atoms with Gasteiger partial charge in [0.25, 0.3) is 0 Å². The maximum absolute atomic E-state index is 5.21. The van der Waals surface area contributed by atoms with E-state index in [9.17, 15) is 0 Å². The molecule has 2 nitrogen and oxygen atoms in total. The Labute approximate surface area is 56.2 Å². The van der Waals surface area contributed by atoms with Gasteiger partial charge in [0, 0.05) is 7.11 Å². The standard InChI is InChI=1S/C7H14O2/c1-4-6(8-3)7(2)5-9-7/h6H,4-5H2,1-3H3/t6-,7+/m1/s1. The molecule has 54 valence electrons. The smallest absolute Gasteiger partial charge is 0.115 e. The molecule has 2 atom stereocenters. The molecule has 0 saturated carbocycles. The Bertz CT molecular complexity index is 93.1. The lowest BCUT2D eigenvalue weighted by molar-refractivity contribution is 0.0352. The van der Waals surface area contributed by atoms with Gasteiger partial charge in [-0.05, 0) is 13.3 Å². The highest BCUT2D eigenvalue weighted by Crippen LogP contribution is 2.32. The van der Waals surface area contributed by atoms with Crippen LogP contribution < -0.4 is 0 Å². The zero-order valence-electron chi connectivity index (χ0n) is 6.31. The second kappa shape index (κ2) is 2.27. The third-order valence-corrected chi connectivity index (χ3v) is 1.94. The topological polar surface area (TPSA) is 21.8 Å². The van der Waals surface area contributed by atoms with E-state index < -0.39 is 0 Å². The van der Waals surface area contributed by atoms with Crippen molar-refractivity contribution in [3.63, 3.8) is 0 Å². The Kier molecular flexibility index (Phi) is 1.78. The van der Waals surface area contributed by atoms with Gasteiger partial charge in [0.15, 0.2) is 0 Å². The molecule has 0 radical (unpaired) electrons. The van der Waals surface area contributed by atoms with Gasteiger partial charge in [-0.1, -0.05) is 6.92 Å². The lowest BCUT2D eigenvalue weighted by Gasteiger charge is -2.16. The van der Waals surface area contributed by atoms with Crippen LogP contribution in [0.25, 0.3) is 0 Å². The van der Waals surface area contributed by atoms with Crippen molar-refractivity contribution in [2.75, 3.05) is 13.7 Å². The van der Waals surface area contributed by atoms with E-state index in [1.165, 1.54) is 0 Å². The largest absolute Gasteiger partial charge is 0.378 e. The van der Waals surface area contributed by atoms with Gasteiger partial charge >= 0.3 is 0 Å². The van der Waals surface area contributed by atoms with E-state index in [4.69, 9.17) is 9.47 Å². The lowest BCUT2D eigenvalue weighted by atomic mass is 10.0. The predicted molar refractivity (Wildman–Crippen MR) is 35.4 cm³/mol. The molecule has 0 aliphatic carbocycles. The summed E-state index contributed by atoms with van der Waals surface area (Å²) < 4.78 is 10.4. The van der Waals surface area contributed by atoms with E-state index in [1.54, 1.807) is 7.11 Å². The SMILES string of the molecule is CC[C@@H](OC)[C@]1(C)CO1. The van der Waals surface area contributed by atoms with Crippen LogP contribution >= 0.6 is 0 Å². The quantitative estimate of drug-likeness (QED) is 0.535. The van der Waals surface area contributed by atoms with Crippen LogP contribution in [0.4, 0.5) is 0 Å². The van der Waals surface area contributed by atoms with Crippen LogP contribution in [0.15, 0.2) is 0 Å². The lowest BCUT2D eigenvalue weighted by Crippen LogP contribution is -2.27. The summed E-state index contributed by atoms with van der Waals surface area (Å²) in [5, 5.41) is 0. The van der Waals surface area contributed by atoms with Crippen LogP contribution in [0.3, 0.4) is 0 Å². The molecule has 2 heteroatoms. The maximum Gasteiger partial charge on any atom is 0.115 e. The van der Waals surface area contributed by atoms with Gasteiger partial charge in [0.05, 0.1) is 12.7 Å². The third kappa shape index (κ3) is 1.25. The van der Waals surface area contributed by atoms with Gasteiger partial charge in [0.2, 0.25) is 0 Å². The van der Waals surface area contributed by atoms with Crippen molar-refractivity contribution in [1.29, 1.82) is 0 Å². The maximum atomic E-state index is 5.21. The van der Waals surface area contributed by atoms with Crippen molar-refractivity contribution >= 4 is 0 Å². The molecule has 0 unspecified atom stereocenters. The average molecular weight is 130 g/mol. The van der Waals surface area contributed by atoms with Gasteiger partial charge < -0.3 is 9.47 Å². The molecule has 0 N–H and O–H groups in total. The van der Waals surface area contributed by atoms with E-state index >= 15 is 0 Å². The summed E-state index contributed by atoms with van der Waals surface area (Å²) >= 11 is 0. The number of methoxy groups -OCH3 is 1. The van der Waals surface area contributed by atoms with E-state index in [0.29, 0.717) is 0 Å². The average Bonchev–Trinajstić information content (AvgIpc) is 2.52. The minimum Gasteiger partial charge on any atom is -0.378 e. The Balaban J connectivity index is 2.37. The first-order chi connectivity index (χ1) is 4.23. The fourth-order valence-electron chi connectivity index (χ4n) is 1.15. The van der Waals surface area contributed by atoms with Crippen molar-refractivity contribution < 1.29 is 9.47 Å². The van der Waals surface area contributed by atoms with Crippen molar-refractivity contribution in [1.82, 2.24) is 0 Å². The van der Waals surface area contributed by atoms with Gasteiger partial charge in [-0.25, -0.2) is 0 Å². The van der Waals surface area contributed by atoms with Crippen molar-refractivity contribution in [3.05, 3.63) is 0 Å². The molecule has 1 aliphatic heterocycles. The Morgan fingerprint density at radius 1 is 1.78 bits per heavy atom. The monoisotopic (exact) mass is 130 g/mol. The Hall–Kier alpha value is -0.0800. The molecular weight excluding hydrogens is 116 g/mol. The van der Waals surface area contributed by atoms with Crippen LogP contribution in [-0.2, 0) is 9.47 Å². The molecule has 1 heterocycles. The van der Waals surface area contributed by atoms with Gasteiger partial charge in [-0.2, -0.15) is 0 Å². The van der Waals surface area contributed by atoms with Gasteiger partial charge in [0.1, 0.15) is 5.60 Å². The predicted octanol–water partition coefficient (Wildman–Crippen LogP) is 1.20. The molecule has 0 bridgehead atoms. The number of hydrogen-bond donors (Lipinski definition) is 0. The normalized spacial score (nSPS) is 36.3. The fraction of sp³-hybridized carbons (Fsp3) is 1.00. The van der Waals surface area contributed by atoms with Crippen LogP contribution in [-0.4, -0.2) is 25.4 Å². The molecule has 1 aliphatic rings. The highest BCUT2D eigenvalue weighted by atomic mass is 16.6. The zero-order valence-corrected chi connectivity index (χ0v) is 6.31. The molecule has 0 aromatic rings. The molecule has 9 heavy (non-hydrogen) atoms. The summed E-state index contributed by atoms with van der Waals surface area (Å²) in [6.45, 7) is 5.06. The number of rotatable bonds is 3. The first-order valence-electron chi connectivity index (χ1n) is 3.39. The van der Waals surface area contributed by atoms with E-state index in [1.807, 2.05) is 0 Å². The molecule has 0 amide bonds. The van der Waals surface area contributed by atoms with Crippen molar-refractivity contribution in [2.24, 2.45) is 0 Å². The summed E-state index contributed by atoms with van der Waals surface area (Å²) in [5.41, 5.74) is 0.0451. The second-order valence-electron chi connectivity index (χ2n) is 2.73. The fourth-order valence-corrected chi connectivity index (χ4v) is 1.15. The summed E-state index contributed by atoms with van der Waals surface area (Å²) in [6, 6.07) is 0. The summed E-state index contributed by atoms with van der Waals surface area (Å²) in [5.74, 6) is 0. The van der Waals surface area contributed by atoms with Crippen LogP contribution in [0.5, 0.6) is 0 Å². The van der Waals surface area contributed by atoms with Crippen LogP contribution in [0.1, 0.15) is 20.3 Å². The Morgan fingerprint density at radius 3 is 2.44 bits per heavy atom.